The number of carbonyl (C=O) groups excluding carboxylic acids is 3. The maximum absolute atomic E-state index is 14.8. The fraction of sp³-hybridized carbons (Fsp3) is 0.625. The van der Waals surface area contributed by atoms with Crippen LogP contribution in [0.4, 0.5) is 14.5 Å². The summed E-state index contributed by atoms with van der Waals surface area (Å²) in [7, 11) is 0. The highest BCUT2D eigenvalue weighted by molar-refractivity contribution is 8.13. The predicted octanol–water partition coefficient (Wildman–Crippen LogP) is 6.75. The molecule has 4 nitrogen and oxygen atoms in total. The molecule has 3 atom stereocenters. The molecule has 0 N–H and O–H groups in total. The van der Waals surface area contributed by atoms with Crippen molar-refractivity contribution in [1.82, 2.24) is 0 Å². The Bertz CT molecular complexity index is 760. The smallest absolute Gasteiger partial charge is 0.236 e. The van der Waals surface area contributed by atoms with Crippen LogP contribution in [0.25, 0.3) is 0 Å². The first-order valence-electron chi connectivity index (χ1n) is 11.2. The normalized spacial score (nSPS) is 14.1. The van der Waals surface area contributed by atoms with E-state index in [1.165, 1.54) is 0 Å². The highest BCUT2D eigenvalue weighted by atomic mass is 32.2. The molecule has 0 heterocycles. The number of anilines is 1. The van der Waals surface area contributed by atoms with E-state index in [9.17, 15) is 23.2 Å². The van der Waals surface area contributed by atoms with E-state index in [1.807, 2.05) is 20.8 Å². The molecule has 0 aliphatic rings. The Morgan fingerprint density at radius 1 is 0.806 bits per heavy atom. The van der Waals surface area contributed by atoms with Crippen LogP contribution in [0.1, 0.15) is 80.1 Å². The van der Waals surface area contributed by atoms with Crippen molar-refractivity contribution in [3.05, 3.63) is 23.8 Å². The summed E-state index contributed by atoms with van der Waals surface area (Å²) in [5, 5.41) is -0.235. The van der Waals surface area contributed by atoms with Gasteiger partial charge in [0, 0.05) is 23.8 Å². The number of imide groups is 1. The van der Waals surface area contributed by atoms with Crippen LogP contribution >= 0.6 is 11.8 Å². The molecule has 1 rings (SSSR count). The van der Waals surface area contributed by atoms with Crippen molar-refractivity contribution in [3.63, 3.8) is 0 Å². The monoisotopic (exact) mass is 455 g/mol. The van der Waals surface area contributed by atoms with Gasteiger partial charge in [-0.05, 0) is 37.1 Å². The lowest BCUT2D eigenvalue weighted by Crippen LogP contribution is -2.43. The van der Waals surface area contributed by atoms with Crippen LogP contribution in [-0.4, -0.2) is 16.9 Å². The van der Waals surface area contributed by atoms with Crippen LogP contribution < -0.4 is 4.90 Å². The fourth-order valence-corrected chi connectivity index (χ4v) is 4.29. The number of carbonyl (C=O) groups is 3. The van der Waals surface area contributed by atoms with E-state index in [0.29, 0.717) is 37.1 Å². The van der Waals surface area contributed by atoms with Crippen molar-refractivity contribution in [3.8, 4) is 0 Å². The maximum Gasteiger partial charge on any atom is 0.236 e. The van der Waals surface area contributed by atoms with Gasteiger partial charge in [0.1, 0.15) is 11.6 Å². The molecular weight excluding hydrogens is 420 g/mol. The third kappa shape index (κ3) is 7.41. The van der Waals surface area contributed by atoms with E-state index >= 15 is 0 Å². The number of halogens is 2. The molecule has 0 aliphatic heterocycles. The molecule has 0 spiro atoms. The zero-order chi connectivity index (χ0) is 23.7. The number of nitrogens with zero attached hydrogens (tertiary/aromatic N) is 1. The molecule has 3 unspecified atom stereocenters. The van der Waals surface area contributed by atoms with Gasteiger partial charge in [0.2, 0.25) is 11.8 Å². The van der Waals surface area contributed by atoms with Gasteiger partial charge in [-0.1, -0.05) is 60.8 Å². The summed E-state index contributed by atoms with van der Waals surface area (Å²) < 4.78 is 29.3. The average molecular weight is 456 g/mol. The summed E-state index contributed by atoms with van der Waals surface area (Å²) in [5.74, 6) is -4.17. The zero-order valence-electron chi connectivity index (χ0n) is 19.5. The summed E-state index contributed by atoms with van der Waals surface area (Å²) in [5.41, 5.74) is -0.291. The molecule has 7 heteroatoms. The lowest BCUT2D eigenvalue weighted by atomic mass is 10.00. The Kier molecular flexibility index (Phi) is 11.4. The second kappa shape index (κ2) is 12.9. The quantitative estimate of drug-likeness (QED) is 0.346. The topological polar surface area (TPSA) is 54.5 Å². The van der Waals surface area contributed by atoms with Crippen LogP contribution in [-0.2, 0) is 14.4 Å². The van der Waals surface area contributed by atoms with Gasteiger partial charge in [-0.2, -0.15) is 0 Å². The van der Waals surface area contributed by atoms with E-state index in [-0.39, 0.29) is 21.6 Å². The van der Waals surface area contributed by atoms with E-state index in [0.717, 1.165) is 30.2 Å². The van der Waals surface area contributed by atoms with Crippen molar-refractivity contribution in [2.45, 2.75) is 85.0 Å². The van der Waals surface area contributed by atoms with Gasteiger partial charge in [-0.15, -0.1) is 0 Å². The van der Waals surface area contributed by atoms with Crippen molar-refractivity contribution >= 4 is 34.4 Å². The minimum atomic E-state index is -0.995. The second-order valence-corrected chi connectivity index (χ2v) is 9.28. The molecule has 0 fully saturated rings. The van der Waals surface area contributed by atoms with Gasteiger partial charge in [0.15, 0.2) is 5.12 Å². The summed E-state index contributed by atoms with van der Waals surface area (Å²) in [4.78, 5) is 39.4. The third-order valence-electron chi connectivity index (χ3n) is 5.30. The number of benzene rings is 1. The molecule has 0 bridgehead atoms. The predicted molar refractivity (Wildman–Crippen MR) is 122 cm³/mol. The molecule has 174 valence electrons. The lowest BCUT2D eigenvalue weighted by Gasteiger charge is -2.27. The van der Waals surface area contributed by atoms with Gasteiger partial charge in [0.05, 0.1) is 10.6 Å². The molecule has 1 aromatic rings. The van der Waals surface area contributed by atoms with Gasteiger partial charge in [-0.25, -0.2) is 13.7 Å². The minimum absolute atomic E-state index is 0.0822. The Morgan fingerprint density at radius 3 is 1.71 bits per heavy atom. The largest absolute Gasteiger partial charge is 0.287 e. The molecule has 31 heavy (non-hydrogen) atoms. The molecule has 0 aromatic heterocycles. The molecule has 0 saturated carbocycles. The molecule has 2 amide bonds. The fourth-order valence-electron chi connectivity index (χ4n) is 3.43. The number of amides is 2. The van der Waals surface area contributed by atoms with E-state index in [4.69, 9.17) is 0 Å². The van der Waals surface area contributed by atoms with Crippen molar-refractivity contribution in [2.75, 3.05) is 4.90 Å². The number of hydrogen-bond acceptors (Lipinski definition) is 4. The van der Waals surface area contributed by atoms with Gasteiger partial charge < -0.3 is 0 Å². The van der Waals surface area contributed by atoms with E-state index in [2.05, 4.69) is 0 Å². The number of rotatable bonds is 11. The summed E-state index contributed by atoms with van der Waals surface area (Å²) in [6.07, 6.45) is 4.02. The van der Waals surface area contributed by atoms with Crippen LogP contribution in [0.3, 0.4) is 0 Å². The number of thioether (sulfide) groups is 1. The minimum Gasteiger partial charge on any atom is -0.287 e. The Balaban J connectivity index is 3.44. The van der Waals surface area contributed by atoms with Crippen LogP contribution in [0.2, 0.25) is 0 Å². The molecule has 1 aromatic carbocycles. The molecule has 0 aliphatic carbocycles. The standard InChI is InChI=1S/C24H35F2NO3S/c1-7-10-15(4)22(28)27(23(29)16(5)11-8-2)20-14-21(19(26)13-18(20)25)31-24(30)17(6)12-9-3/h13-17H,7-12H2,1-6H3. The third-order valence-corrected chi connectivity index (χ3v) is 6.44. The van der Waals surface area contributed by atoms with Crippen molar-refractivity contribution in [1.29, 1.82) is 0 Å². The highest BCUT2D eigenvalue weighted by Crippen LogP contribution is 2.34. The van der Waals surface area contributed by atoms with Gasteiger partial charge in [0.25, 0.3) is 0 Å². The summed E-state index contributed by atoms with van der Waals surface area (Å²) in [6.45, 7) is 11.0. The SMILES string of the molecule is CCCC(C)C(=O)Sc1cc(N(C(=O)C(C)CCC)C(=O)C(C)CCC)c(F)cc1F. The van der Waals surface area contributed by atoms with Crippen LogP contribution in [0.15, 0.2) is 17.0 Å². The van der Waals surface area contributed by atoms with E-state index in [1.54, 1.807) is 20.8 Å². The Morgan fingerprint density at radius 2 is 1.26 bits per heavy atom. The number of hydrogen-bond donors (Lipinski definition) is 0. The average Bonchev–Trinajstić information content (AvgIpc) is 2.71. The van der Waals surface area contributed by atoms with Gasteiger partial charge >= 0.3 is 0 Å². The summed E-state index contributed by atoms with van der Waals surface area (Å²) >= 11 is 0.689. The van der Waals surface area contributed by atoms with Crippen molar-refractivity contribution in [2.24, 2.45) is 17.8 Å². The van der Waals surface area contributed by atoms with Crippen LogP contribution in [0, 0.1) is 29.4 Å². The first-order chi connectivity index (χ1) is 14.6. The zero-order valence-corrected chi connectivity index (χ0v) is 20.3. The second-order valence-electron chi connectivity index (χ2n) is 8.24. The highest BCUT2D eigenvalue weighted by Gasteiger charge is 2.33. The first kappa shape index (κ1) is 27.3. The maximum atomic E-state index is 14.8. The lowest BCUT2D eigenvalue weighted by molar-refractivity contribution is -0.130. The van der Waals surface area contributed by atoms with Crippen molar-refractivity contribution < 1.29 is 23.2 Å². The molecule has 0 saturated heterocycles. The van der Waals surface area contributed by atoms with E-state index < -0.39 is 35.3 Å². The molecule has 0 radical (unpaired) electrons. The summed E-state index contributed by atoms with van der Waals surface area (Å²) in [6, 6.07) is 1.77. The first-order valence-corrected chi connectivity index (χ1v) is 12.0. The van der Waals surface area contributed by atoms with Gasteiger partial charge in [-0.3, -0.25) is 14.4 Å². The van der Waals surface area contributed by atoms with Crippen LogP contribution in [0.5, 0.6) is 0 Å². The molecular formula is C24H35F2NO3S. The Hall–Kier alpha value is -1.76. The Labute approximate surface area is 189 Å².